The summed E-state index contributed by atoms with van der Waals surface area (Å²) in [7, 11) is -2.18. The number of carbonyl (C=O) groups excluding carboxylic acids is 2. The number of sulfonamides is 1. The molecule has 2 rings (SSSR count). The topological polar surface area (TPSA) is 95.6 Å². The van der Waals surface area contributed by atoms with Crippen LogP contribution in [0.5, 0.6) is 0 Å². The van der Waals surface area contributed by atoms with Gasteiger partial charge in [-0.25, -0.2) is 8.42 Å². The van der Waals surface area contributed by atoms with Gasteiger partial charge in [-0.15, -0.1) is 0 Å². The lowest BCUT2D eigenvalue weighted by Gasteiger charge is -2.21. The third-order valence-corrected chi connectivity index (χ3v) is 6.82. The van der Waals surface area contributed by atoms with E-state index < -0.39 is 15.9 Å². The van der Waals surface area contributed by atoms with E-state index in [9.17, 15) is 18.0 Å². The van der Waals surface area contributed by atoms with Gasteiger partial charge in [0.15, 0.2) is 0 Å². The molecule has 29 heavy (non-hydrogen) atoms. The van der Waals surface area contributed by atoms with Gasteiger partial charge in [0.05, 0.1) is 4.90 Å². The number of amides is 2. The van der Waals surface area contributed by atoms with Gasteiger partial charge in [0.1, 0.15) is 0 Å². The predicted molar refractivity (Wildman–Crippen MR) is 116 cm³/mol. The molecular formula is C20H24BrN3O4S. The molecule has 0 saturated heterocycles. The van der Waals surface area contributed by atoms with Gasteiger partial charge in [-0.2, -0.15) is 4.31 Å². The minimum absolute atomic E-state index is 0.0503. The van der Waals surface area contributed by atoms with Crippen molar-refractivity contribution < 1.29 is 18.0 Å². The summed E-state index contributed by atoms with van der Waals surface area (Å²) in [6, 6.07) is 12.8. The van der Waals surface area contributed by atoms with Crippen molar-refractivity contribution in [3.63, 3.8) is 0 Å². The first-order valence-corrected chi connectivity index (χ1v) is 11.3. The number of nitrogens with one attached hydrogen (secondary N) is 2. The van der Waals surface area contributed by atoms with E-state index in [1.807, 2.05) is 12.1 Å². The van der Waals surface area contributed by atoms with Crippen LogP contribution in [0.4, 0.5) is 5.69 Å². The molecule has 9 heteroatoms. The lowest BCUT2D eigenvalue weighted by atomic mass is 10.2. The summed E-state index contributed by atoms with van der Waals surface area (Å²) in [5, 5.41) is 5.38. The monoisotopic (exact) mass is 481 g/mol. The lowest BCUT2D eigenvalue weighted by molar-refractivity contribution is -0.116. The van der Waals surface area contributed by atoms with Crippen LogP contribution in [-0.2, 0) is 14.8 Å². The van der Waals surface area contributed by atoms with Crippen molar-refractivity contribution in [2.24, 2.45) is 0 Å². The number of nitrogens with zero attached hydrogens (tertiary/aromatic N) is 1. The van der Waals surface area contributed by atoms with Crippen LogP contribution in [0.3, 0.4) is 0 Å². The summed E-state index contributed by atoms with van der Waals surface area (Å²) in [5.74, 6) is -0.673. The predicted octanol–water partition coefficient (Wildman–Crippen LogP) is 3.24. The van der Waals surface area contributed by atoms with E-state index in [2.05, 4.69) is 26.6 Å². The Morgan fingerprint density at radius 2 is 1.76 bits per heavy atom. The molecule has 0 radical (unpaired) electrons. The van der Waals surface area contributed by atoms with Crippen LogP contribution >= 0.6 is 15.9 Å². The molecule has 0 spiro atoms. The van der Waals surface area contributed by atoms with Crippen LogP contribution in [0, 0.1) is 0 Å². The molecule has 0 aliphatic carbocycles. The fraction of sp³-hybridized carbons (Fsp3) is 0.300. The molecule has 0 atom stereocenters. The lowest BCUT2D eigenvalue weighted by Crippen LogP contribution is -2.33. The Labute approximate surface area is 179 Å². The van der Waals surface area contributed by atoms with Crippen molar-refractivity contribution >= 4 is 43.5 Å². The molecule has 0 unspecified atom stereocenters. The van der Waals surface area contributed by atoms with E-state index >= 15 is 0 Å². The number of benzene rings is 2. The number of halogens is 1. The average molecular weight is 482 g/mol. The smallest absolute Gasteiger partial charge is 0.251 e. The number of rotatable bonds is 8. The number of anilines is 1. The van der Waals surface area contributed by atoms with Crippen molar-refractivity contribution in [3.05, 3.63) is 58.6 Å². The average Bonchev–Trinajstić information content (AvgIpc) is 2.69. The van der Waals surface area contributed by atoms with Gasteiger partial charge >= 0.3 is 0 Å². The summed E-state index contributed by atoms with van der Waals surface area (Å²) in [4.78, 5) is 24.4. The van der Waals surface area contributed by atoms with E-state index in [0.717, 1.165) is 4.47 Å². The minimum atomic E-state index is -3.68. The van der Waals surface area contributed by atoms with Crippen LogP contribution in [0.2, 0.25) is 0 Å². The first kappa shape index (κ1) is 23.1. The van der Waals surface area contributed by atoms with Crippen molar-refractivity contribution in [2.75, 3.05) is 18.9 Å². The Balaban J connectivity index is 1.94. The van der Waals surface area contributed by atoms with E-state index in [1.165, 1.54) is 35.6 Å². The highest BCUT2D eigenvalue weighted by atomic mass is 79.9. The summed E-state index contributed by atoms with van der Waals surface area (Å²) >= 11 is 3.32. The van der Waals surface area contributed by atoms with Gasteiger partial charge in [0.2, 0.25) is 15.9 Å². The fourth-order valence-electron chi connectivity index (χ4n) is 2.39. The molecule has 0 aliphatic heterocycles. The number of hydrogen-bond donors (Lipinski definition) is 2. The van der Waals surface area contributed by atoms with Gasteiger partial charge in [-0.1, -0.05) is 22.0 Å². The Morgan fingerprint density at radius 1 is 1.10 bits per heavy atom. The molecular weight excluding hydrogens is 458 g/mol. The summed E-state index contributed by atoms with van der Waals surface area (Å²) in [6.07, 6.45) is 0.0931. The zero-order valence-electron chi connectivity index (χ0n) is 16.5. The fourth-order valence-corrected chi connectivity index (χ4v) is 4.07. The van der Waals surface area contributed by atoms with Gasteiger partial charge in [-0.05, 0) is 56.3 Å². The number of carbonyl (C=O) groups is 2. The summed E-state index contributed by atoms with van der Waals surface area (Å²) in [5.41, 5.74) is 0.883. The molecule has 7 nitrogen and oxygen atoms in total. The van der Waals surface area contributed by atoms with Gasteiger partial charge < -0.3 is 10.6 Å². The summed E-state index contributed by atoms with van der Waals surface area (Å²) in [6.45, 7) is 3.67. The van der Waals surface area contributed by atoms with E-state index in [4.69, 9.17) is 0 Å². The standard InChI is InChI=1S/C20H24BrN3O4S/c1-14(2)24(3)29(27,28)18-6-4-5-15(13-18)20(26)22-12-11-19(25)23-17-9-7-16(21)8-10-17/h4-10,13-14H,11-12H2,1-3H3,(H,22,26)(H,23,25). The molecule has 0 aliphatic rings. The van der Waals surface area contributed by atoms with E-state index in [-0.39, 0.29) is 35.4 Å². The van der Waals surface area contributed by atoms with Gasteiger partial charge in [0, 0.05) is 41.8 Å². The Kier molecular flexibility index (Phi) is 7.95. The maximum Gasteiger partial charge on any atom is 0.251 e. The first-order chi connectivity index (χ1) is 13.6. The molecule has 156 valence electrons. The SMILES string of the molecule is CC(C)N(C)S(=O)(=O)c1cccc(C(=O)NCCC(=O)Nc2ccc(Br)cc2)c1. The van der Waals surface area contributed by atoms with Crippen molar-refractivity contribution in [3.8, 4) is 0 Å². The number of hydrogen-bond acceptors (Lipinski definition) is 4. The van der Waals surface area contributed by atoms with Crippen molar-refractivity contribution in [1.82, 2.24) is 9.62 Å². The molecule has 0 bridgehead atoms. The largest absolute Gasteiger partial charge is 0.352 e. The highest BCUT2D eigenvalue weighted by molar-refractivity contribution is 9.10. The van der Waals surface area contributed by atoms with Gasteiger partial charge in [0.25, 0.3) is 5.91 Å². The third kappa shape index (κ3) is 6.38. The molecule has 0 fully saturated rings. The van der Waals surface area contributed by atoms with Gasteiger partial charge in [-0.3, -0.25) is 9.59 Å². The molecule has 0 aromatic heterocycles. The van der Waals surface area contributed by atoms with Crippen LogP contribution < -0.4 is 10.6 Å². The zero-order valence-corrected chi connectivity index (χ0v) is 18.9. The van der Waals surface area contributed by atoms with E-state index in [1.54, 1.807) is 26.0 Å². The highest BCUT2D eigenvalue weighted by Gasteiger charge is 2.23. The minimum Gasteiger partial charge on any atom is -0.352 e. The molecule has 2 aromatic rings. The quantitative estimate of drug-likeness (QED) is 0.604. The second-order valence-electron chi connectivity index (χ2n) is 6.70. The first-order valence-electron chi connectivity index (χ1n) is 9.03. The normalized spacial score (nSPS) is 11.5. The Morgan fingerprint density at radius 3 is 2.38 bits per heavy atom. The van der Waals surface area contributed by atoms with Crippen LogP contribution in [0.15, 0.2) is 57.9 Å². The van der Waals surface area contributed by atoms with Crippen molar-refractivity contribution in [1.29, 1.82) is 0 Å². The summed E-state index contributed by atoms with van der Waals surface area (Å²) < 4.78 is 27.3. The Bertz CT molecular complexity index is 975. The second kappa shape index (κ2) is 10.00. The molecule has 2 N–H and O–H groups in total. The highest BCUT2D eigenvalue weighted by Crippen LogP contribution is 2.18. The van der Waals surface area contributed by atoms with Crippen molar-refractivity contribution in [2.45, 2.75) is 31.2 Å². The maximum absolute atomic E-state index is 12.6. The maximum atomic E-state index is 12.6. The second-order valence-corrected chi connectivity index (χ2v) is 9.62. The molecule has 0 heterocycles. The van der Waals surface area contributed by atoms with Crippen LogP contribution in [0.1, 0.15) is 30.6 Å². The van der Waals surface area contributed by atoms with E-state index in [0.29, 0.717) is 5.69 Å². The molecule has 2 amide bonds. The molecule has 0 saturated carbocycles. The zero-order chi connectivity index (χ0) is 21.6. The van der Waals surface area contributed by atoms with Crippen LogP contribution in [0.25, 0.3) is 0 Å². The third-order valence-electron chi connectivity index (χ3n) is 4.27. The molecule has 2 aromatic carbocycles. The Hall–Kier alpha value is -2.23. The van der Waals surface area contributed by atoms with Crippen LogP contribution in [-0.4, -0.2) is 44.2 Å².